The van der Waals surface area contributed by atoms with E-state index in [9.17, 15) is 0 Å². The van der Waals surface area contributed by atoms with Crippen molar-refractivity contribution in [2.24, 2.45) is 0 Å². The van der Waals surface area contributed by atoms with Crippen LogP contribution in [0.4, 0.5) is 5.82 Å². The van der Waals surface area contributed by atoms with Crippen LogP contribution in [0.25, 0.3) is 5.65 Å². The zero-order chi connectivity index (χ0) is 14.1. The summed E-state index contributed by atoms with van der Waals surface area (Å²) < 4.78 is 7.98. The highest BCUT2D eigenvalue weighted by atomic mass is 16.5. The Hall–Kier alpha value is -1.59. The average molecular weight is 274 g/mol. The first kappa shape index (κ1) is 13.4. The van der Waals surface area contributed by atoms with E-state index >= 15 is 0 Å². The van der Waals surface area contributed by atoms with Crippen LogP contribution in [0.3, 0.4) is 0 Å². The minimum atomic E-state index is 0.242. The van der Waals surface area contributed by atoms with Crippen LogP contribution in [0.15, 0.2) is 24.4 Å². The van der Waals surface area contributed by atoms with Crippen LogP contribution in [0.2, 0.25) is 0 Å². The maximum absolute atomic E-state index is 5.82. The van der Waals surface area contributed by atoms with E-state index in [-0.39, 0.29) is 12.2 Å². The van der Waals surface area contributed by atoms with Crippen LogP contribution < -0.4 is 10.2 Å². The van der Waals surface area contributed by atoms with Gasteiger partial charge in [0.25, 0.3) is 0 Å². The molecule has 0 amide bonds. The number of rotatable bonds is 3. The second-order valence-corrected chi connectivity index (χ2v) is 5.50. The summed E-state index contributed by atoms with van der Waals surface area (Å²) in [5.41, 5.74) is 2.21. The molecule has 1 N–H and O–H groups in total. The van der Waals surface area contributed by atoms with E-state index in [0.717, 1.165) is 31.1 Å². The molecule has 5 heteroatoms. The molecule has 2 atom stereocenters. The molecule has 2 aromatic rings. The van der Waals surface area contributed by atoms with Gasteiger partial charge in [-0.15, -0.1) is 0 Å². The average Bonchev–Trinajstić information content (AvgIpc) is 2.77. The number of nitrogens with one attached hydrogen (secondary N) is 1. The molecule has 0 spiro atoms. The molecule has 5 nitrogen and oxygen atoms in total. The third kappa shape index (κ3) is 2.39. The maximum Gasteiger partial charge on any atom is 0.152 e. The predicted molar refractivity (Wildman–Crippen MR) is 80.2 cm³/mol. The largest absolute Gasteiger partial charge is 0.372 e. The number of anilines is 1. The molecule has 0 aliphatic carbocycles. The Labute approximate surface area is 119 Å². The van der Waals surface area contributed by atoms with E-state index < -0.39 is 0 Å². The summed E-state index contributed by atoms with van der Waals surface area (Å²) in [5, 5.41) is 3.25. The molecule has 0 saturated carbocycles. The molecule has 1 aliphatic rings. The van der Waals surface area contributed by atoms with Gasteiger partial charge in [0.2, 0.25) is 0 Å². The Morgan fingerprint density at radius 3 is 2.75 bits per heavy atom. The lowest BCUT2D eigenvalue weighted by atomic mass is 10.2. The van der Waals surface area contributed by atoms with Crippen molar-refractivity contribution in [3.63, 3.8) is 0 Å². The molecule has 2 unspecified atom stereocenters. The van der Waals surface area contributed by atoms with Gasteiger partial charge in [0.1, 0.15) is 5.65 Å². The lowest BCUT2D eigenvalue weighted by molar-refractivity contribution is -0.00548. The molecular weight excluding hydrogens is 252 g/mol. The van der Waals surface area contributed by atoms with Crippen LogP contribution in [-0.4, -0.2) is 41.7 Å². The molecule has 0 bridgehead atoms. The Bertz CT molecular complexity index is 585. The molecule has 3 heterocycles. The summed E-state index contributed by atoms with van der Waals surface area (Å²) in [5.74, 6) is 1.08. The Morgan fingerprint density at radius 2 is 2.05 bits per heavy atom. The van der Waals surface area contributed by atoms with Crippen molar-refractivity contribution in [2.75, 3.05) is 25.0 Å². The minimum absolute atomic E-state index is 0.242. The lowest BCUT2D eigenvalue weighted by Gasteiger charge is -2.36. The highest BCUT2D eigenvalue weighted by Gasteiger charge is 2.26. The summed E-state index contributed by atoms with van der Waals surface area (Å²) in [7, 11) is 1.97. The smallest absolute Gasteiger partial charge is 0.152 e. The molecule has 1 saturated heterocycles. The van der Waals surface area contributed by atoms with Crippen molar-refractivity contribution < 1.29 is 4.74 Å². The summed E-state index contributed by atoms with van der Waals surface area (Å²) in [6.45, 7) is 6.84. The molecule has 108 valence electrons. The first-order chi connectivity index (χ1) is 9.69. The van der Waals surface area contributed by atoms with Crippen LogP contribution in [0.5, 0.6) is 0 Å². The van der Waals surface area contributed by atoms with Crippen LogP contribution in [-0.2, 0) is 11.3 Å². The number of hydrogen-bond donors (Lipinski definition) is 1. The second-order valence-electron chi connectivity index (χ2n) is 5.50. The van der Waals surface area contributed by atoms with E-state index in [0.29, 0.717) is 0 Å². The highest BCUT2D eigenvalue weighted by Crippen LogP contribution is 2.25. The van der Waals surface area contributed by atoms with Crippen molar-refractivity contribution in [2.45, 2.75) is 32.6 Å². The first-order valence-corrected chi connectivity index (χ1v) is 7.20. The van der Waals surface area contributed by atoms with Crippen molar-refractivity contribution in [1.29, 1.82) is 0 Å². The molecule has 0 radical (unpaired) electrons. The van der Waals surface area contributed by atoms with E-state index in [1.54, 1.807) is 0 Å². The van der Waals surface area contributed by atoms with E-state index in [2.05, 4.69) is 40.7 Å². The number of nitrogens with zero attached hydrogens (tertiary/aromatic N) is 3. The van der Waals surface area contributed by atoms with E-state index in [1.165, 1.54) is 5.69 Å². The van der Waals surface area contributed by atoms with Crippen molar-refractivity contribution >= 4 is 11.5 Å². The van der Waals surface area contributed by atoms with Crippen molar-refractivity contribution in [1.82, 2.24) is 14.7 Å². The van der Waals surface area contributed by atoms with Gasteiger partial charge in [-0.05, 0) is 33.0 Å². The zero-order valence-electron chi connectivity index (χ0n) is 12.3. The summed E-state index contributed by atoms with van der Waals surface area (Å²) in [4.78, 5) is 7.16. The zero-order valence-corrected chi connectivity index (χ0v) is 12.3. The minimum Gasteiger partial charge on any atom is -0.372 e. The van der Waals surface area contributed by atoms with Gasteiger partial charge in [0.05, 0.1) is 17.9 Å². The second kappa shape index (κ2) is 5.42. The van der Waals surface area contributed by atoms with Gasteiger partial charge in [-0.1, -0.05) is 6.07 Å². The fraction of sp³-hybridized carbons (Fsp3) is 0.533. The predicted octanol–water partition coefficient (Wildman–Crippen LogP) is 1.67. The van der Waals surface area contributed by atoms with Gasteiger partial charge in [0, 0.05) is 25.8 Å². The third-order valence-electron chi connectivity index (χ3n) is 3.67. The molecule has 20 heavy (non-hydrogen) atoms. The van der Waals surface area contributed by atoms with Gasteiger partial charge in [0.15, 0.2) is 5.82 Å². The molecule has 2 aromatic heterocycles. The van der Waals surface area contributed by atoms with Crippen LogP contribution >= 0.6 is 0 Å². The number of aromatic nitrogens is 2. The quantitative estimate of drug-likeness (QED) is 0.924. The first-order valence-electron chi connectivity index (χ1n) is 7.20. The van der Waals surface area contributed by atoms with Crippen molar-refractivity contribution in [3.05, 3.63) is 30.1 Å². The van der Waals surface area contributed by atoms with Crippen molar-refractivity contribution in [3.8, 4) is 0 Å². The summed E-state index contributed by atoms with van der Waals surface area (Å²) in [6.07, 6.45) is 2.56. The fourth-order valence-electron chi connectivity index (χ4n) is 2.97. The number of ether oxygens (including phenoxy) is 1. The van der Waals surface area contributed by atoms with Gasteiger partial charge in [-0.3, -0.25) is 0 Å². The van der Waals surface area contributed by atoms with Gasteiger partial charge < -0.3 is 19.4 Å². The van der Waals surface area contributed by atoms with Gasteiger partial charge in [-0.25, -0.2) is 4.98 Å². The topological polar surface area (TPSA) is 41.8 Å². The Morgan fingerprint density at radius 1 is 1.30 bits per heavy atom. The third-order valence-corrected chi connectivity index (χ3v) is 3.67. The number of imidazole rings is 1. The van der Waals surface area contributed by atoms with E-state index in [4.69, 9.17) is 9.72 Å². The van der Waals surface area contributed by atoms with Gasteiger partial charge >= 0.3 is 0 Å². The highest BCUT2D eigenvalue weighted by molar-refractivity contribution is 5.56. The number of fused-ring (bicyclic) bond motifs is 1. The fourth-order valence-corrected chi connectivity index (χ4v) is 2.97. The van der Waals surface area contributed by atoms with Gasteiger partial charge in [-0.2, -0.15) is 0 Å². The number of pyridine rings is 1. The van der Waals surface area contributed by atoms with Crippen LogP contribution in [0.1, 0.15) is 19.5 Å². The molecule has 1 fully saturated rings. The number of hydrogen-bond acceptors (Lipinski definition) is 4. The monoisotopic (exact) mass is 274 g/mol. The summed E-state index contributed by atoms with van der Waals surface area (Å²) >= 11 is 0. The molecular formula is C15H22N4O. The molecule has 1 aliphatic heterocycles. The SMILES string of the molecule is CNCc1c(N2CC(C)OC(C)C2)nc2ccccn12. The maximum atomic E-state index is 5.82. The Balaban J connectivity index is 2.03. The normalized spacial score (nSPS) is 23.4. The molecule has 3 rings (SSSR count). The Kier molecular flexibility index (Phi) is 3.63. The summed E-state index contributed by atoms with van der Waals surface area (Å²) in [6, 6.07) is 6.12. The standard InChI is InChI=1S/C15H22N4O/c1-11-9-18(10-12(2)20-11)15-13(8-16-3)19-7-5-4-6-14(19)17-15/h4-7,11-12,16H,8-10H2,1-3H3. The lowest BCUT2D eigenvalue weighted by Crippen LogP contribution is -2.46. The number of morpholine rings is 1. The van der Waals surface area contributed by atoms with Crippen LogP contribution in [0, 0.1) is 0 Å². The molecule has 0 aromatic carbocycles. The van der Waals surface area contributed by atoms with E-state index in [1.807, 2.05) is 19.2 Å².